The summed E-state index contributed by atoms with van der Waals surface area (Å²) in [6, 6.07) is 0. The van der Waals surface area contributed by atoms with E-state index in [1.807, 2.05) is 18.7 Å². The predicted octanol–water partition coefficient (Wildman–Crippen LogP) is 0.469. The highest BCUT2D eigenvalue weighted by Gasteiger charge is 2.22. The van der Waals surface area contributed by atoms with Gasteiger partial charge in [-0.3, -0.25) is 4.55 Å². The fourth-order valence-corrected chi connectivity index (χ4v) is 1.93. The van der Waals surface area contributed by atoms with Crippen LogP contribution in [0, 0.1) is 0 Å². The van der Waals surface area contributed by atoms with Crippen molar-refractivity contribution in [1.82, 2.24) is 10.2 Å². The fourth-order valence-electron chi connectivity index (χ4n) is 1.48. The van der Waals surface area contributed by atoms with E-state index in [0.717, 1.165) is 0 Å². The predicted molar refractivity (Wildman–Crippen MR) is 75.6 cm³/mol. The highest BCUT2D eigenvalue weighted by molar-refractivity contribution is 7.85. The van der Waals surface area contributed by atoms with Crippen molar-refractivity contribution in [2.24, 2.45) is 0 Å². The molecule has 0 fully saturated rings. The van der Waals surface area contributed by atoms with E-state index in [9.17, 15) is 8.42 Å². The molecule has 0 aliphatic rings. The van der Waals surface area contributed by atoms with Crippen LogP contribution in [0.1, 0.15) is 34.6 Å². The van der Waals surface area contributed by atoms with Crippen LogP contribution < -0.4 is 5.32 Å². The molecule has 18 heavy (non-hydrogen) atoms. The van der Waals surface area contributed by atoms with Crippen molar-refractivity contribution in [2.45, 2.75) is 45.6 Å². The lowest BCUT2D eigenvalue weighted by atomic mass is 9.80. The molecular weight excluding hydrogens is 251 g/mol. The van der Waals surface area contributed by atoms with E-state index >= 15 is 0 Å². The Balaban J connectivity index is 4.35. The van der Waals surface area contributed by atoms with Gasteiger partial charge in [0.25, 0.3) is 10.1 Å². The van der Waals surface area contributed by atoms with Gasteiger partial charge in [-0.25, -0.2) is 0 Å². The summed E-state index contributed by atoms with van der Waals surface area (Å²) in [5.74, 6) is -0.302. The largest absolute Gasteiger partial charge is 0.311 e. The zero-order chi connectivity index (χ0) is 14.6. The van der Waals surface area contributed by atoms with Gasteiger partial charge in [-0.2, -0.15) is 8.42 Å². The Bertz CT molecular complexity index is 344. The lowest BCUT2D eigenvalue weighted by molar-refractivity contribution is 0.194. The van der Waals surface area contributed by atoms with Crippen molar-refractivity contribution in [3.63, 3.8) is 0 Å². The van der Waals surface area contributed by atoms with E-state index < -0.39 is 15.6 Å². The monoisotopic (exact) mass is 276 g/mol. The van der Waals surface area contributed by atoms with Gasteiger partial charge in [-0.05, 0) is 26.2 Å². The van der Waals surface area contributed by atoms with Crippen molar-refractivity contribution >= 4 is 18.0 Å². The third kappa shape index (κ3) is 9.88. The summed E-state index contributed by atoms with van der Waals surface area (Å²) in [5, 5.41) is 3.31. The number of nitrogens with one attached hydrogen (secondary N) is 1. The molecule has 5 nitrogen and oxygen atoms in total. The molecule has 0 aromatic rings. The highest BCUT2D eigenvalue weighted by atomic mass is 32.2. The van der Waals surface area contributed by atoms with Gasteiger partial charge < -0.3 is 10.2 Å². The second-order valence-electron chi connectivity index (χ2n) is 6.10. The molecule has 0 aliphatic heterocycles. The fraction of sp³-hybridized carbons (Fsp3) is 1.00. The zero-order valence-electron chi connectivity index (χ0n) is 12.0. The first kappa shape index (κ1) is 17.9. The molecule has 0 rings (SSSR count). The van der Waals surface area contributed by atoms with E-state index in [-0.39, 0.29) is 17.8 Å². The molecule has 0 aliphatic carbocycles. The van der Waals surface area contributed by atoms with E-state index in [2.05, 4.69) is 26.1 Å². The summed E-state index contributed by atoms with van der Waals surface area (Å²) in [6.07, 6.45) is 0. The number of rotatable bonds is 7. The van der Waals surface area contributed by atoms with Gasteiger partial charge in [0, 0.05) is 25.2 Å². The topological polar surface area (TPSA) is 69.6 Å². The lowest BCUT2D eigenvalue weighted by Crippen LogP contribution is -2.50. The van der Waals surface area contributed by atoms with Crippen molar-refractivity contribution in [3.8, 4) is 0 Å². The molecule has 0 bridgehead atoms. The second kappa shape index (κ2) is 6.37. The van der Waals surface area contributed by atoms with Gasteiger partial charge in [0.05, 0.1) is 13.6 Å². The molecule has 2 radical (unpaired) electrons. The van der Waals surface area contributed by atoms with Gasteiger partial charge in [-0.15, -0.1) is 0 Å². The van der Waals surface area contributed by atoms with E-state index in [1.165, 1.54) is 0 Å². The number of nitrogens with zero attached hydrogens (tertiary/aromatic N) is 1. The maximum atomic E-state index is 10.8. The van der Waals surface area contributed by atoms with Crippen LogP contribution in [0.25, 0.3) is 0 Å². The average molecular weight is 276 g/mol. The summed E-state index contributed by atoms with van der Waals surface area (Å²) in [5.41, 5.74) is -0.613. The van der Waals surface area contributed by atoms with E-state index in [4.69, 9.17) is 12.4 Å². The minimum absolute atomic E-state index is 0.00741. The molecule has 0 heterocycles. The Kier molecular flexibility index (Phi) is 6.33. The standard InChI is InChI=1S/C11H25BN2O3S/c1-10(2,3)13-6-7-14(11(4,5)12)8-9-18(15,16)17/h13H,6-9H2,1-5H3,(H,15,16,17). The van der Waals surface area contributed by atoms with Crippen molar-refractivity contribution in [3.05, 3.63) is 0 Å². The van der Waals surface area contributed by atoms with Gasteiger partial charge in [-0.1, -0.05) is 13.8 Å². The Morgan fingerprint density at radius 1 is 1.17 bits per heavy atom. The van der Waals surface area contributed by atoms with E-state index in [1.54, 1.807) is 0 Å². The molecule has 0 saturated heterocycles. The summed E-state index contributed by atoms with van der Waals surface area (Å²) in [6.45, 7) is 11.3. The van der Waals surface area contributed by atoms with Crippen LogP contribution >= 0.6 is 0 Å². The highest BCUT2D eigenvalue weighted by Crippen LogP contribution is 2.09. The molecule has 0 atom stereocenters. The summed E-state index contributed by atoms with van der Waals surface area (Å²) in [7, 11) is 2.03. The summed E-state index contributed by atoms with van der Waals surface area (Å²) < 4.78 is 30.3. The van der Waals surface area contributed by atoms with Gasteiger partial charge in [0.15, 0.2) is 0 Å². The van der Waals surface area contributed by atoms with Crippen LogP contribution in [0.5, 0.6) is 0 Å². The molecular formula is C11H25BN2O3S. The lowest BCUT2D eigenvalue weighted by Gasteiger charge is -2.37. The van der Waals surface area contributed by atoms with Gasteiger partial charge in [0.2, 0.25) is 0 Å². The third-order valence-electron chi connectivity index (χ3n) is 2.47. The maximum absolute atomic E-state index is 10.8. The Morgan fingerprint density at radius 3 is 2.00 bits per heavy atom. The second-order valence-corrected chi connectivity index (χ2v) is 7.68. The minimum Gasteiger partial charge on any atom is -0.311 e. The molecule has 0 unspecified atom stereocenters. The molecule has 0 amide bonds. The Hall–Kier alpha value is -0.105. The maximum Gasteiger partial charge on any atom is 0.266 e. The SMILES string of the molecule is [B]C(C)(C)N(CCNC(C)(C)C)CCS(=O)(=O)O. The van der Waals surface area contributed by atoms with Crippen molar-refractivity contribution < 1.29 is 13.0 Å². The first-order valence-corrected chi connectivity index (χ1v) is 7.66. The van der Waals surface area contributed by atoms with Gasteiger partial charge in [0.1, 0.15) is 0 Å². The van der Waals surface area contributed by atoms with Crippen molar-refractivity contribution in [2.75, 3.05) is 25.4 Å². The van der Waals surface area contributed by atoms with Crippen LogP contribution in [-0.4, -0.2) is 62.1 Å². The molecule has 0 spiro atoms. The smallest absolute Gasteiger partial charge is 0.266 e. The Morgan fingerprint density at radius 2 is 1.67 bits per heavy atom. The summed E-state index contributed by atoms with van der Waals surface area (Å²) >= 11 is 0. The molecule has 106 valence electrons. The number of hydrogen-bond donors (Lipinski definition) is 2. The molecule has 0 aromatic heterocycles. The molecule has 2 N–H and O–H groups in total. The van der Waals surface area contributed by atoms with Crippen LogP contribution in [0.4, 0.5) is 0 Å². The molecule has 7 heteroatoms. The molecule has 0 aromatic carbocycles. The summed E-state index contributed by atoms with van der Waals surface area (Å²) in [4.78, 5) is 1.83. The van der Waals surface area contributed by atoms with Crippen LogP contribution in [-0.2, 0) is 10.1 Å². The first-order chi connectivity index (χ1) is 7.81. The Labute approximate surface area is 112 Å². The average Bonchev–Trinajstić information content (AvgIpc) is 2.04. The van der Waals surface area contributed by atoms with E-state index in [0.29, 0.717) is 13.1 Å². The molecule has 0 saturated carbocycles. The normalized spacial score (nSPS) is 14.2. The minimum atomic E-state index is -3.95. The van der Waals surface area contributed by atoms with Gasteiger partial charge >= 0.3 is 0 Å². The third-order valence-corrected chi connectivity index (χ3v) is 3.17. The van der Waals surface area contributed by atoms with Crippen LogP contribution in [0.15, 0.2) is 0 Å². The number of hydrogen-bond acceptors (Lipinski definition) is 4. The quantitative estimate of drug-likeness (QED) is 0.522. The van der Waals surface area contributed by atoms with Crippen LogP contribution in [0.3, 0.4) is 0 Å². The van der Waals surface area contributed by atoms with Crippen LogP contribution in [0.2, 0.25) is 0 Å². The van der Waals surface area contributed by atoms with Crippen molar-refractivity contribution in [1.29, 1.82) is 0 Å². The first-order valence-electron chi connectivity index (χ1n) is 6.05. The zero-order valence-corrected chi connectivity index (χ0v) is 12.8.